The summed E-state index contributed by atoms with van der Waals surface area (Å²) in [4.78, 5) is 23.3. The Hall–Kier alpha value is -1.46. The lowest BCUT2D eigenvalue weighted by Crippen LogP contribution is -2.12. The van der Waals surface area contributed by atoms with Gasteiger partial charge >= 0.3 is 5.97 Å². The van der Waals surface area contributed by atoms with E-state index >= 15 is 0 Å². The first-order valence-electron chi connectivity index (χ1n) is 5.13. The summed E-state index contributed by atoms with van der Waals surface area (Å²) in [5.74, 6) is -0.698. The van der Waals surface area contributed by atoms with Gasteiger partial charge in [-0.15, -0.1) is 11.3 Å². The minimum Gasteiger partial charge on any atom is -0.461 e. The Morgan fingerprint density at radius 3 is 2.88 bits per heavy atom. The lowest BCUT2D eigenvalue weighted by atomic mass is 10.1. The fraction of sp³-hybridized carbons (Fsp3) is 0.333. The number of aliphatic hydroxyl groups is 1. The van der Waals surface area contributed by atoms with Gasteiger partial charge in [-0.05, 0) is 12.1 Å². The Bertz CT molecular complexity index is 397. The van der Waals surface area contributed by atoms with Crippen LogP contribution in [0.2, 0.25) is 0 Å². The summed E-state index contributed by atoms with van der Waals surface area (Å²) in [5.41, 5.74) is 0. The average molecular weight is 254 g/mol. The van der Waals surface area contributed by atoms with Crippen molar-refractivity contribution < 1.29 is 19.4 Å². The second-order valence-corrected chi connectivity index (χ2v) is 4.56. The van der Waals surface area contributed by atoms with Crippen LogP contribution in [0.25, 0.3) is 0 Å². The number of aliphatic hydroxyl groups excluding tert-OH is 1. The van der Waals surface area contributed by atoms with Crippen molar-refractivity contribution in [3.05, 3.63) is 34.5 Å². The Balaban J connectivity index is 2.61. The highest BCUT2D eigenvalue weighted by atomic mass is 32.1. The summed E-state index contributed by atoms with van der Waals surface area (Å²) < 4.78 is 4.85. The highest BCUT2D eigenvalue weighted by Gasteiger charge is 2.18. The number of hydrogen-bond donors (Lipinski definition) is 1. The van der Waals surface area contributed by atoms with Crippen molar-refractivity contribution in [3.63, 3.8) is 0 Å². The molecule has 0 aliphatic carbocycles. The van der Waals surface area contributed by atoms with Crippen LogP contribution in [0, 0.1) is 0 Å². The Kier molecular flexibility index (Phi) is 5.59. The van der Waals surface area contributed by atoms with Gasteiger partial charge in [-0.3, -0.25) is 9.59 Å². The van der Waals surface area contributed by atoms with E-state index in [0.717, 1.165) is 11.2 Å². The third-order valence-electron chi connectivity index (χ3n) is 2.16. The van der Waals surface area contributed by atoms with Crippen LogP contribution in [0.5, 0.6) is 0 Å². The maximum atomic E-state index is 11.4. The smallest absolute Gasteiger partial charge is 0.306 e. The molecule has 1 N–H and O–H groups in total. The van der Waals surface area contributed by atoms with Gasteiger partial charge in [0, 0.05) is 10.8 Å². The monoisotopic (exact) mass is 254 g/mol. The Morgan fingerprint density at radius 1 is 1.59 bits per heavy atom. The van der Waals surface area contributed by atoms with Crippen LogP contribution in [0.4, 0.5) is 0 Å². The number of rotatable bonds is 7. The maximum Gasteiger partial charge on any atom is 0.306 e. The molecule has 0 saturated carbocycles. The van der Waals surface area contributed by atoms with Crippen LogP contribution in [0.1, 0.15) is 26.9 Å². The van der Waals surface area contributed by atoms with E-state index in [4.69, 9.17) is 4.74 Å². The van der Waals surface area contributed by atoms with Gasteiger partial charge in [0.1, 0.15) is 6.61 Å². The molecule has 1 atom stereocenters. The molecule has 0 radical (unpaired) electrons. The predicted molar refractivity (Wildman–Crippen MR) is 65.3 cm³/mol. The first kappa shape index (κ1) is 13.6. The topological polar surface area (TPSA) is 63.6 Å². The molecule has 1 aromatic heterocycles. The molecule has 5 heteroatoms. The van der Waals surface area contributed by atoms with E-state index in [1.165, 1.54) is 17.4 Å². The van der Waals surface area contributed by atoms with Crippen LogP contribution in [-0.4, -0.2) is 30.6 Å². The van der Waals surface area contributed by atoms with E-state index in [1.54, 1.807) is 12.1 Å². The van der Waals surface area contributed by atoms with Gasteiger partial charge in [-0.2, -0.15) is 0 Å². The highest BCUT2D eigenvalue weighted by molar-refractivity contribution is 7.13. The Labute approximate surface area is 104 Å². The summed E-state index contributed by atoms with van der Waals surface area (Å²) in [7, 11) is 0. The largest absolute Gasteiger partial charge is 0.461 e. The highest BCUT2D eigenvalue weighted by Crippen LogP contribution is 2.26. The van der Waals surface area contributed by atoms with Crippen LogP contribution in [-0.2, 0) is 9.53 Å². The molecule has 1 rings (SSSR count). The zero-order valence-electron chi connectivity index (χ0n) is 9.30. The van der Waals surface area contributed by atoms with E-state index in [2.05, 4.69) is 6.58 Å². The van der Waals surface area contributed by atoms with Gasteiger partial charge < -0.3 is 9.84 Å². The van der Waals surface area contributed by atoms with Crippen molar-refractivity contribution >= 4 is 23.6 Å². The van der Waals surface area contributed by atoms with Crippen molar-refractivity contribution in [2.45, 2.75) is 12.3 Å². The molecule has 0 bridgehead atoms. The van der Waals surface area contributed by atoms with E-state index in [0.29, 0.717) is 4.88 Å². The van der Waals surface area contributed by atoms with Crippen molar-refractivity contribution in [1.29, 1.82) is 0 Å². The second kappa shape index (κ2) is 6.98. The molecule has 4 nitrogen and oxygen atoms in total. The predicted octanol–water partition coefficient (Wildman–Crippen LogP) is 1.76. The lowest BCUT2D eigenvalue weighted by molar-refractivity contribution is -0.143. The van der Waals surface area contributed by atoms with E-state index in [-0.39, 0.29) is 31.5 Å². The summed E-state index contributed by atoms with van der Waals surface area (Å²) in [5, 5.41) is 9.23. The number of aldehydes is 1. The minimum absolute atomic E-state index is 0.100. The van der Waals surface area contributed by atoms with Crippen LogP contribution in [0.3, 0.4) is 0 Å². The summed E-state index contributed by atoms with van der Waals surface area (Å²) in [6.07, 6.45) is 2.34. The maximum absolute atomic E-state index is 11.4. The molecule has 0 fully saturated rings. The van der Waals surface area contributed by atoms with E-state index in [1.807, 2.05) is 0 Å². The number of hydrogen-bond acceptors (Lipinski definition) is 5. The Morgan fingerprint density at radius 2 is 2.35 bits per heavy atom. The second-order valence-electron chi connectivity index (χ2n) is 3.41. The van der Waals surface area contributed by atoms with Gasteiger partial charge in [0.15, 0.2) is 6.29 Å². The van der Waals surface area contributed by atoms with Crippen LogP contribution in [0.15, 0.2) is 24.8 Å². The molecule has 17 heavy (non-hydrogen) atoms. The van der Waals surface area contributed by atoms with Gasteiger partial charge in [-0.25, -0.2) is 0 Å². The fourth-order valence-electron chi connectivity index (χ4n) is 1.32. The summed E-state index contributed by atoms with van der Waals surface area (Å²) in [6, 6.07) is 3.42. The van der Waals surface area contributed by atoms with Gasteiger partial charge in [0.25, 0.3) is 0 Å². The molecule has 92 valence electrons. The molecule has 0 aliphatic rings. The number of thiophene rings is 1. The summed E-state index contributed by atoms with van der Waals surface area (Å²) >= 11 is 1.28. The molecule has 1 heterocycles. The average Bonchev–Trinajstić information content (AvgIpc) is 2.82. The number of ether oxygens (including phenoxy) is 1. The molecule has 0 spiro atoms. The molecule has 0 amide bonds. The quantitative estimate of drug-likeness (QED) is 0.457. The molecule has 0 aliphatic heterocycles. The van der Waals surface area contributed by atoms with Gasteiger partial charge in [0.05, 0.1) is 17.9 Å². The molecular formula is C12H14O4S. The fourth-order valence-corrected chi connectivity index (χ4v) is 2.24. The zero-order valence-corrected chi connectivity index (χ0v) is 10.1. The third-order valence-corrected chi connectivity index (χ3v) is 3.33. The standard InChI is InChI=1S/C12H14O4S/c1-2-5-16-12(15)6-9(7-13)11-4-3-10(8-14)17-11/h2-4,8-9,13H,1,5-7H2/t9-/m1/s1. The van der Waals surface area contributed by atoms with Crippen molar-refractivity contribution in [3.8, 4) is 0 Å². The first-order chi connectivity index (χ1) is 8.21. The molecule has 0 unspecified atom stereocenters. The van der Waals surface area contributed by atoms with Crippen LogP contribution >= 0.6 is 11.3 Å². The molecule has 1 aromatic rings. The van der Waals surface area contributed by atoms with Crippen molar-refractivity contribution in [2.75, 3.05) is 13.2 Å². The minimum atomic E-state index is -0.384. The number of esters is 1. The third kappa shape index (κ3) is 4.13. The normalized spacial score (nSPS) is 11.8. The lowest BCUT2D eigenvalue weighted by Gasteiger charge is -2.10. The van der Waals surface area contributed by atoms with E-state index < -0.39 is 0 Å². The van der Waals surface area contributed by atoms with Gasteiger partial charge in [0.2, 0.25) is 0 Å². The van der Waals surface area contributed by atoms with Crippen LogP contribution < -0.4 is 0 Å². The van der Waals surface area contributed by atoms with Gasteiger partial charge in [-0.1, -0.05) is 12.7 Å². The molecule has 0 saturated heterocycles. The van der Waals surface area contributed by atoms with Crippen molar-refractivity contribution in [1.82, 2.24) is 0 Å². The van der Waals surface area contributed by atoms with E-state index in [9.17, 15) is 14.7 Å². The number of carbonyl (C=O) groups excluding carboxylic acids is 2. The van der Waals surface area contributed by atoms with Crippen molar-refractivity contribution in [2.24, 2.45) is 0 Å². The number of carbonyl (C=O) groups is 2. The SMILES string of the molecule is C=CCOC(=O)C[C@H](CO)c1ccc(C=O)s1. The molecule has 0 aromatic carbocycles. The first-order valence-corrected chi connectivity index (χ1v) is 5.95. The zero-order chi connectivity index (χ0) is 12.7. The molecular weight excluding hydrogens is 240 g/mol. The summed E-state index contributed by atoms with van der Waals surface area (Å²) in [6.45, 7) is 3.46.